The Morgan fingerprint density at radius 1 is 1.14 bits per heavy atom. The normalized spacial score (nSPS) is 12.0. The van der Waals surface area contributed by atoms with Gasteiger partial charge in [-0.2, -0.15) is 0 Å². The van der Waals surface area contributed by atoms with Crippen molar-refractivity contribution in [1.82, 2.24) is 9.97 Å². The van der Waals surface area contributed by atoms with E-state index in [1.807, 2.05) is 36.5 Å². The van der Waals surface area contributed by atoms with E-state index < -0.39 is 5.97 Å². The second kappa shape index (κ2) is 8.67. The van der Waals surface area contributed by atoms with Gasteiger partial charge in [-0.25, -0.2) is 14.8 Å². The third kappa shape index (κ3) is 4.33. The number of ether oxygens (including phenoxy) is 1. The summed E-state index contributed by atoms with van der Waals surface area (Å²) in [6.45, 7) is 0.913. The summed E-state index contributed by atoms with van der Waals surface area (Å²) < 4.78 is 10.2. The monoisotopic (exact) mass is 402 g/mol. The Balaban J connectivity index is 1.47. The quantitative estimate of drug-likeness (QED) is 0.405. The lowest BCUT2D eigenvalue weighted by atomic mass is 10.1. The van der Waals surface area contributed by atoms with E-state index >= 15 is 0 Å². The van der Waals surface area contributed by atoms with Crippen LogP contribution in [0.1, 0.15) is 27.2 Å². The highest BCUT2D eigenvalue weighted by Crippen LogP contribution is 2.31. The van der Waals surface area contributed by atoms with Crippen LogP contribution in [0.2, 0.25) is 0 Å². The third-order valence-corrected chi connectivity index (χ3v) is 5.27. The van der Waals surface area contributed by atoms with Gasteiger partial charge in [-0.05, 0) is 42.3 Å². The van der Waals surface area contributed by atoms with Gasteiger partial charge in [0, 0.05) is 30.1 Å². The van der Waals surface area contributed by atoms with Crippen LogP contribution >= 0.6 is 12.1 Å². The predicted molar refractivity (Wildman–Crippen MR) is 114 cm³/mol. The molecular weight excluding hydrogens is 384 g/mol. The van der Waals surface area contributed by atoms with Crippen LogP contribution in [0, 0.1) is 11.8 Å². The van der Waals surface area contributed by atoms with E-state index in [9.17, 15) is 4.79 Å². The fourth-order valence-electron chi connectivity index (χ4n) is 2.88. The van der Waals surface area contributed by atoms with Gasteiger partial charge < -0.3 is 9.46 Å². The molecule has 6 nitrogen and oxygen atoms in total. The molecule has 29 heavy (non-hydrogen) atoms. The number of carbonyl (C=O) groups excluding carboxylic acids is 1. The van der Waals surface area contributed by atoms with Crippen molar-refractivity contribution >= 4 is 29.6 Å². The summed E-state index contributed by atoms with van der Waals surface area (Å²) in [5, 5.41) is 0. The number of nitrogens with one attached hydrogen (secondary N) is 1. The van der Waals surface area contributed by atoms with E-state index in [0.29, 0.717) is 0 Å². The van der Waals surface area contributed by atoms with Gasteiger partial charge >= 0.3 is 5.97 Å². The van der Waals surface area contributed by atoms with Crippen LogP contribution in [0.3, 0.4) is 0 Å². The molecule has 0 spiro atoms. The first-order valence-corrected chi connectivity index (χ1v) is 9.82. The first kappa shape index (κ1) is 18.8. The average molecular weight is 402 g/mol. The molecule has 144 valence electrons. The molecule has 1 N–H and O–H groups in total. The molecule has 1 aromatic carbocycles. The van der Waals surface area contributed by atoms with Gasteiger partial charge in [0.15, 0.2) is 0 Å². The average Bonchev–Trinajstić information content (AvgIpc) is 3.20. The van der Waals surface area contributed by atoms with Crippen LogP contribution in [0.15, 0.2) is 60.9 Å². The Bertz CT molecular complexity index is 1090. The molecule has 0 atom stereocenters. The van der Waals surface area contributed by atoms with Crippen LogP contribution in [-0.2, 0) is 11.2 Å². The Morgan fingerprint density at radius 3 is 2.86 bits per heavy atom. The molecule has 2 aromatic heterocycles. The maximum atomic E-state index is 11.5. The fourth-order valence-corrected chi connectivity index (χ4v) is 3.70. The fraction of sp³-hybridized carbons (Fsp3) is 0.136. The van der Waals surface area contributed by atoms with Crippen LogP contribution in [0.4, 0.5) is 11.5 Å². The highest BCUT2D eigenvalue weighted by atomic mass is 32.2. The number of fused-ring (bicyclic) bond motifs is 1. The molecule has 1 aliphatic rings. The van der Waals surface area contributed by atoms with E-state index in [0.717, 1.165) is 35.6 Å². The number of para-hydroxylation sites is 1. The third-order valence-electron chi connectivity index (χ3n) is 4.38. The number of esters is 1. The SMILES string of the molecule is COC(=O)c1ccc(C#Cc2ccccc2NSN2CCc3cccnc32)cn1. The minimum Gasteiger partial charge on any atom is -0.464 e. The Kier molecular flexibility index (Phi) is 5.63. The molecular formula is C22H18N4O2S. The van der Waals surface area contributed by atoms with Crippen LogP contribution < -0.4 is 9.03 Å². The summed E-state index contributed by atoms with van der Waals surface area (Å²) in [5.74, 6) is 6.80. The molecule has 0 saturated heterocycles. The van der Waals surface area contributed by atoms with E-state index in [-0.39, 0.29) is 5.69 Å². The zero-order valence-corrected chi connectivity index (χ0v) is 16.6. The molecule has 0 bridgehead atoms. The predicted octanol–water partition coefficient (Wildman–Crippen LogP) is 3.70. The van der Waals surface area contributed by atoms with Crippen molar-refractivity contribution in [2.75, 3.05) is 22.7 Å². The largest absolute Gasteiger partial charge is 0.464 e. The lowest BCUT2D eigenvalue weighted by Gasteiger charge is -2.17. The summed E-state index contributed by atoms with van der Waals surface area (Å²) in [7, 11) is 1.33. The van der Waals surface area contributed by atoms with Crippen LogP contribution in [0.5, 0.6) is 0 Å². The van der Waals surface area contributed by atoms with E-state index in [2.05, 4.69) is 41.6 Å². The van der Waals surface area contributed by atoms with E-state index in [1.54, 1.807) is 18.3 Å². The van der Waals surface area contributed by atoms with Gasteiger partial charge in [-0.15, -0.1) is 0 Å². The topological polar surface area (TPSA) is 67.3 Å². The Morgan fingerprint density at radius 2 is 2.03 bits per heavy atom. The molecule has 3 heterocycles. The smallest absolute Gasteiger partial charge is 0.356 e. The number of methoxy groups -OCH3 is 1. The zero-order valence-electron chi connectivity index (χ0n) is 15.8. The lowest BCUT2D eigenvalue weighted by molar-refractivity contribution is 0.0594. The first-order valence-electron chi connectivity index (χ1n) is 9.04. The summed E-state index contributed by atoms with van der Waals surface area (Å²) in [4.78, 5) is 20.0. The van der Waals surface area contributed by atoms with Crippen LogP contribution in [-0.4, -0.2) is 29.6 Å². The van der Waals surface area contributed by atoms with Gasteiger partial charge in [-0.1, -0.05) is 30.0 Å². The number of benzene rings is 1. The summed E-state index contributed by atoms with van der Waals surface area (Å²) >= 11 is 1.51. The minimum atomic E-state index is -0.464. The second-order valence-electron chi connectivity index (χ2n) is 6.25. The van der Waals surface area contributed by atoms with Crippen molar-refractivity contribution in [3.05, 3.63) is 83.3 Å². The second-order valence-corrected chi connectivity index (χ2v) is 7.08. The van der Waals surface area contributed by atoms with Gasteiger partial charge in [-0.3, -0.25) is 4.31 Å². The van der Waals surface area contributed by atoms with Crippen molar-refractivity contribution in [2.45, 2.75) is 6.42 Å². The maximum absolute atomic E-state index is 11.5. The number of aromatic nitrogens is 2. The number of anilines is 2. The summed E-state index contributed by atoms with van der Waals surface area (Å²) in [6.07, 6.45) is 4.38. The van der Waals surface area contributed by atoms with Crippen molar-refractivity contribution in [1.29, 1.82) is 0 Å². The minimum absolute atomic E-state index is 0.260. The molecule has 0 amide bonds. The number of hydrogen-bond acceptors (Lipinski definition) is 7. The highest BCUT2D eigenvalue weighted by molar-refractivity contribution is 8.01. The Hall–Kier alpha value is -3.50. The van der Waals surface area contributed by atoms with Gasteiger partial charge in [0.2, 0.25) is 0 Å². The number of pyridine rings is 2. The number of nitrogens with zero attached hydrogens (tertiary/aromatic N) is 3. The molecule has 3 aromatic rings. The molecule has 1 aliphatic heterocycles. The summed E-state index contributed by atoms with van der Waals surface area (Å²) in [6, 6.07) is 15.3. The number of rotatable bonds is 4. The highest BCUT2D eigenvalue weighted by Gasteiger charge is 2.20. The van der Waals surface area contributed by atoms with Crippen molar-refractivity contribution in [3.63, 3.8) is 0 Å². The first-order chi connectivity index (χ1) is 14.2. The van der Waals surface area contributed by atoms with Crippen molar-refractivity contribution in [3.8, 4) is 11.8 Å². The number of carbonyl (C=O) groups is 1. The van der Waals surface area contributed by atoms with Crippen molar-refractivity contribution in [2.24, 2.45) is 0 Å². The zero-order chi connectivity index (χ0) is 20.1. The molecule has 0 fully saturated rings. The van der Waals surface area contributed by atoms with Gasteiger partial charge in [0.25, 0.3) is 0 Å². The lowest BCUT2D eigenvalue weighted by Crippen LogP contribution is -2.14. The standard InChI is InChI=1S/C22H18N4O2S/c1-28-22(27)20-11-9-16(15-24-20)8-10-17-5-2-3-7-19(17)25-29-26-14-12-18-6-4-13-23-21(18)26/h2-7,9,11,13,15,25H,12,14H2,1H3. The van der Waals surface area contributed by atoms with Gasteiger partial charge in [0.1, 0.15) is 11.5 Å². The number of hydrogen-bond donors (Lipinski definition) is 1. The molecule has 0 saturated carbocycles. The van der Waals surface area contributed by atoms with Crippen LogP contribution in [0.25, 0.3) is 0 Å². The summed E-state index contributed by atoms with van der Waals surface area (Å²) in [5.41, 5.74) is 4.04. The van der Waals surface area contributed by atoms with Gasteiger partial charge in [0.05, 0.1) is 24.9 Å². The Labute approximate surface area is 173 Å². The van der Waals surface area contributed by atoms with E-state index in [1.165, 1.54) is 24.8 Å². The maximum Gasteiger partial charge on any atom is 0.356 e. The molecule has 0 aliphatic carbocycles. The van der Waals surface area contributed by atoms with Crippen molar-refractivity contribution < 1.29 is 9.53 Å². The molecule has 4 rings (SSSR count). The molecule has 0 radical (unpaired) electrons. The molecule has 7 heteroatoms. The molecule has 0 unspecified atom stereocenters. The van der Waals surface area contributed by atoms with E-state index in [4.69, 9.17) is 0 Å².